The van der Waals surface area contributed by atoms with Crippen molar-refractivity contribution in [2.24, 2.45) is 0 Å². The van der Waals surface area contributed by atoms with Gasteiger partial charge in [-0.2, -0.15) is 5.26 Å². The van der Waals surface area contributed by atoms with Gasteiger partial charge in [-0.3, -0.25) is 4.79 Å². The fraction of sp³-hybridized carbons (Fsp3) is 0.273. The third-order valence-electron chi connectivity index (χ3n) is 1.98. The van der Waals surface area contributed by atoms with Crippen LogP contribution >= 0.6 is 0 Å². The summed E-state index contributed by atoms with van der Waals surface area (Å²) >= 11 is 0. The molecule has 0 unspecified atom stereocenters. The summed E-state index contributed by atoms with van der Waals surface area (Å²) in [6.07, 6.45) is 0. The maximum absolute atomic E-state index is 11.1. The largest absolute Gasteiger partial charge is 0.497 e. The van der Waals surface area contributed by atoms with Crippen LogP contribution < -0.4 is 4.74 Å². The average Bonchev–Trinajstić information content (AvgIpc) is 2.19. The molecule has 0 amide bonds. The van der Waals surface area contributed by atoms with Crippen molar-refractivity contribution in [1.29, 1.82) is 5.26 Å². The normalized spacial score (nSPS) is 11.5. The molecule has 3 heteroatoms. The predicted molar refractivity (Wildman–Crippen MR) is 52.0 cm³/mol. The minimum Gasteiger partial charge on any atom is -0.497 e. The standard InChI is InChI=1S/C11H11NO2/c1-8(13)11(7-12)9-3-5-10(14-2)6-4-9/h3-6,11H,1-2H3/t11-/m1/s1. The SMILES string of the molecule is COc1ccc([C@H](C#N)C(C)=O)cc1. The lowest BCUT2D eigenvalue weighted by Gasteiger charge is -2.05. The van der Waals surface area contributed by atoms with Gasteiger partial charge in [0.1, 0.15) is 11.7 Å². The van der Waals surface area contributed by atoms with E-state index in [9.17, 15) is 4.79 Å². The van der Waals surface area contributed by atoms with Crippen molar-refractivity contribution in [3.8, 4) is 11.8 Å². The first-order valence-corrected chi connectivity index (χ1v) is 4.23. The summed E-state index contributed by atoms with van der Waals surface area (Å²) in [4.78, 5) is 11.1. The summed E-state index contributed by atoms with van der Waals surface area (Å²) in [5.74, 6) is -0.0902. The highest BCUT2D eigenvalue weighted by molar-refractivity contribution is 5.86. The zero-order valence-electron chi connectivity index (χ0n) is 8.15. The molecule has 0 heterocycles. The number of Topliss-reactive ketones (excluding diaryl/α,β-unsaturated/α-hetero) is 1. The Bertz CT molecular complexity index is 362. The van der Waals surface area contributed by atoms with Crippen molar-refractivity contribution < 1.29 is 9.53 Å². The number of carbonyl (C=O) groups excluding carboxylic acids is 1. The van der Waals surface area contributed by atoms with E-state index in [0.717, 1.165) is 0 Å². The molecule has 0 aliphatic rings. The van der Waals surface area contributed by atoms with Crippen LogP contribution in [0.2, 0.25) is 0 Å². The van der Waals surface area contributed by atoms with E-state index in [4.69, 9.17) is 10.00 Å². The van der Waals surface area contributed by atoms with E-state index in [-0.39, 0.29) is 5.78 Å². The Balaban J connectivity index is 2.96. The fourth-order valence-electron chi connectivity index (χ4n) is 1.20. The van der Waals surface area contributed by atoms with Gasteiger partial charge in [0.2, 0.25) is 0 Å². The van der Waals surface area contributed by atoms with E-state index in [2.05, 4.69) is 0 Å². The van der Waals surface area contributed by atoms with E-state index in [0.29, 0.717) is 11.3 Å². The molecule has 0 radical (unpaired) electrons. The molecule has 1 rings (SSSR count). The number of rotatable bonds is 3. The zero-order valence-corrected chi connectivity index (χ0v) is 8.15. The van der Waals surface area contributed by atoms with E-state index in [1.807, 2.05) is 6.07 Å². The van der Waals surface area contributed by atoms with Crippen LogP contribution in [0.5, 0.6) is 5.75 Å². The molecule has 14 heavy (non-hydrogen) atoms. The van der Waals surface area contributed by atoms with E-state index in [1.165, 1.54) is 6.92 Å². The van der Waals surface area contributed by atoms with Crippen molar-refractivity contribution in [2.45, 2.75) is 12.8 Å². The van der Waals surface area contributed by atoms with Crippen molar-refractivity contribution in [2.75, 3.05) is 7.11 Å². The predicted octanol–water partition coefficient (Wildman–Crippen LogP) is 1.89. The molecule has 0 aliphatic heterocycles. The first-order valence-electron chi connectivity index (χ1n) is 4.23. The Morgan fingerprint density at radius 3 is 2.36 bits per heavy atom. The van der Waals surface area contributed by atoms with Gasteiger partial charge in [0.25, 0.3) is 0 Å². The number of nitrogens with zero attached hydrogens (tertiary/aromatic N) is 1. The molecular weight excluding hydrogens is 178 g/mol. The number of nitriles is 1. The monoisotopic (exact) mass is 189 g/mol. The van der Waals surface area contributed by atoms with Gasteiger partial charge in [-0.15, -0.1) is 0 Å². The van der Waals surface area contributed by atoms with Gasteiger partial charge in [-0.1, -0.05) is 12.1 Å². The molecule has 0 saturated carbocycles. The van der Waals surface area contributed by atoms with Crippen molar-refractivity contribution >= 4 is 5.78 Å². The lowest BCUT2D eigenvalue weighted by atomic mass is 9.97. The van der Waals surface area contributed by atoms with Gasteiger partial charge < -0.3 is 4.74 Å². The maximum Gasteiger partial charge on any atom is 0.151 e. The van der Waals surface area contributed by atoms with Crippen molar-refractivity contribution in [3.05, 3.63) is 29.8 Å². The third-order valence-corrected chi connectivity index (χ3v) is 1.98. The minimum atomic E-state index is -0.666. The number of methoxy groups -OCH3 is 1. The average molecular weight is 189 g/mol. The van der Waals surface area contributed by atoms with Crippen LogP contribution in [0, 0.1) is 11.3 Å². The lowest BCUT2D eigenvalue weighted by Crippen LogP contribution is -2.05. The molecular formula is C11H11NO2. The topological polar surface area (TPSA) is 50.1 Å². The zero-order chi connectivity index (χ0) is 10.6. The highest BCUT2D eigenvalue weighted by atomic mass is 16.5. The molecule has 0 fully saturated rings. The number of hydrogen-bond donors (Lipinski definition) is 0. The number of carbonyl (C=O) groups is 1. The third kappa shape index (κ3) is 2.11. The lowest BCUT2D eigenvalue weighted by molar-refractivity contribution is -0.117. The van der Waals surface area contributed by atoms with Crippen LogP contribution in [0.25, 0.3) is 0 Å². The number of ether oxygens (including phenoxy) is 1. The number of ketones is 1. The Morgan fingerprint density at radius 1 is 1.43 bits per heavy atom. The van der Waals surface area contributed by atoms with Gasteiger partial charge >= 0.3 is 0 Å². The van der Waals surface area contributed by atoms with E-state index in [1.54, 1.807) is 31.4 Å². The first kappa shape index (κ1) is 10.3. The van der Waals surface area contributed by atoms with Crippen molar-refractivity contribution in [3.63, 3.8) is 0 Å². The quantitative estimate of drug-likeness (QED) is 0.729. The van der Waals surface area contributed by atoms with Gasteiger partial charge in [0, 0.05) is 0 Å². The number of hydrogen-bond acceptors (Lipinski definition) is 3. The van der Waals surface area contributed by atoms with E-state index >= 15 is 0 Å². The second-order valence-electron chi connectivity index (χ2n) is 2.95. The van der Waals surface area contributed by atoms with Crippen molar-refractivity contribution in [1.82, 2.24) is 0 Å². The molecule has 0 spiro atoms. The minimum absolute atomic E-state index is 0.141. The van der Waals surface area contributed by atoms with Gasteiger partial charge in [0.05, 0.1) is 13.2 Å². The number of benzene rings is 1. The fourth-order valence-corrected chi connectivity index (χ4v) is 1.20. The second-order valence-corrected chi connectivity index (χ2v) is 2.95. The molecule has 72 valence electrons. The highest BCUT2D eigenvalue weighted by Crippen LogP contribution is 2.19. The molecule has 0 bridgehead atoms. The first-order chi connectivity index (χ1) is 6.69. The Hall–Kier alpha value is -1.82. The molecule has 0 aliphatic carbocycles. The molecule has 1 atom stereocenters. The smallest absolute Gasteiger partial charge is 0.151 e. The van der Waals surface area contributed by atoms with Crippen LogP contribution in [0.1, 0.15) is 18.4 Å². The Labute approximate surface area is 82.9 Å². The van der Waals surface area contributed by atoms with Gasteiger partial charge in [0.15, 0.2) is 5.78 Å². The van der Waals surface area contributed by atoms with E-state index < -0.39 is 5.92 Å². The Morgan fingerprint density at radius 2 is 2.00 bits per heavy atom. The molecule has 0 saturated heterocycles. The summed E-state index contributed by atoms with van der Waals surface area (Å²) < 4.78 is 4.98. The molecule has 1 aromatic rings. The Kier molecular flexibility index (Phi) is 3.24. The van der Waals surface area contributed by atoms with Gasteiger partial charge in [-0.25, -0.2) is 0 Å². The van der Waals surface area contributed by atoms with Crippen LogP contribution in [0.4, 0.5) is 0 Å². The van der Waals surface area contributed by atoms with Crippen LogP contribution in [-0.4, -0.2) is 12.9 Å². The van der Waals surface area contributed by atoms with Crippen LogP contribution in [0.15, 0.2) is 24.3 Å². The van der Waals surface area contributed by atoms with Crippen LogP contribution in [-0.2, 0) is 4.79 Å². The molecule has 0 N–H and O–H groups in total. The van der Waals surface area contributed by atoms with Gasteiger partial charge in [-0.05, 0) is 24.6 Å². The molecule has 0 aromatic heterocycles. The highest BCUT2D eigenvalue weighted by Gasteiger charge is 2.15. The van der Waals surface area contributed by atoms with Crippen LogP contribution in [0.3, 0.4) is 0 Å². The summed E-state index contributed by atoms with van der Waals surface area (Å²) in [6, 6.07) is 8.90. The summed E-state index contributed by atoms with van der Waals surface area (Å²) in [5, 5.41) is 8.77. The molecule has 1 aromatic carbocycles. The summed E-state index contributed by atoms with van der Waals surface area (Å²) in [6.45, 7) is 1.41. The molecule has 3 nitrogen and oxygen atoms in total. The maximum atomic E-state index is 11.1. The second kappa shape index (κ2) is 4.43. The summed E-state index contributed by atoms with van der Waals surface area (Å²) in [7, 11) is 1.57. The summed E-state index contributed by atoms with van der Waals surface area (Å²) in [5.41, 5.74) is 0.709.